The predicted octanol–water partition coefficient (Wildman–Crippen LogP) is 4.89. The molecule has 4 rings (SSSR count). The highest BCUT2D eigenvalue weighted by Crippen LogP contribution is 2.41. The second-order valence-electron chi connectivity index (χ2n) is 7.45. The van der Waals surface area contributed by atoms with Crippen LogP contribution in [0.15, 0.2) is 48.5 Å². The smallest absolute Gasteiger partial charge is 0.237 e. The van der Waals surface area contributed by atoms with Crippen molar-refractivity contribution in [2.45, 2.75) is 37.7 Å². The molecule has 0 aromatic heterocycles. The van der Waals surface area contributed by atoms with Crippen LogP contribution in [0.5, 0.6) is 0 Å². The standard InChI is InChI=1S/C22H25ClN2OS/c1-16-6-8-17(9-7-16)14-24(18-10-11-18)15-21(26)25-12-13-27-22(25)19-4-2-3-5-20(19)23/h2-9,18,22H,10-15H2,1H3/t22-/m0/s1. The third kappa shape index (κ3) is 4.50. The van der Waals surface area contributed by atoms with Gasteiger partial charge in [0.15, 0.2) is 0 Å². The summed E-state index contributed by atoms with van der Waals surface area (Å²) < 4.78 is 0. The van der Waals surface area contributed by atoms with E-state index in [-0.39, 0.29) is 11.3 Å². The first kappa shape index (κ1) is 18.9. The summed E-state index contributed by atoms with van der Waals surface area (Å²) in [5.41, 5.74) is 3.59. The zero-order valence-corrected chi connectivity index (χ0v) is 17.2. The number of thioether (sulfide) groups is 1. The molecule has 1 amide bonds. The fourth-order valence-corrected chi connectivity index (χ4v) is 5.22. The van der Waals surface area contributed by atoms with Gasteiger partial charge in [0.1, 0.15) is 5.37 Å². The Bertz CT molecular complexity index is 806. The number of hydrogen-bond acceptors (Lipinski definition) is 3. The number of rotatable bonds is 6. The fraction of sp³-hybridized carbons (Fsp3) is 0.409. The number of benzene rings is 2. The van der Waals surface area contributed by atoms with Crippen molar-refractivity contribution < 1.29 is 4.79 Å². The van der Waals surface area contributed by atoms with Crippen molar-refractivity contribution >= 4 is 29.3 Å². The quantitative estimate of drug-likeness (QED) is 0.689. The van der Waals surface area contributed by atoms with Crippen LogP contribution in [0.2, 0.25) is 5.02 Å². The van der Waals surface area contributed by atoms with E-state index in [0.29, 0.717) is 12.6 Å². The first-order valence-electron chi connectivity index (χ1n) is 9.57. The Morgan fingerprint density at radius 2 is 1.93 bits per heavy atom. The summed E-state index contributed by atoms with van der Waals surface area (Å²) in [4.78, 5) is 17.5. The van der Waals surface area contributed by atoms with Crippen molar-refractivity contribution in [3.05, 3.63) is 70.2 Å². The zero-order valence-electron chi connectivity index (χ0n) is 15.6. The lowest BCUT2D eigenvalue weighted by Gasteiger charge is -2.29. The molecule has 0 spiro atoms. The number of carbonyl (C=O) groups excluding carboxylic acids is 1. The molecule has 1 saturated carbocycles. The summed E-state index contributed by atoms with van der Waals surface area (Å²) in [5, 5.41) is 0.778. The van der Waals surface area contributed by atoms with Crippen molar-refractivity contribution in [3.8, 4) is 0 Å². The van der Waals surface area contributed by atoms with Crippen LogP contribution in [0, 0.1) is 6.92 Å². The van der Waals surface area contributed by atoms with Gasteiger partial charge >= 0.3 is 0 Å². The van der Waals surface area contributed by atoms with E-state index in [2.05, 4.69) is 36.1 Å². The second-order valence-corrected chi connectivity index (χ2v) is 9.05. The van der Waals surface area contributed by atoms with Crippen molar-refractivity contribution in [1.29, 1.82) is 0 Å². The molecule has 1 atom stereocenters. The van der Waals surface area contributed by atoms with Crippen molar-refractivity contribution in [3.63, 3.8) is 0 Å². The van der Waals surface area contributed by atoms with Gasteiger partial charge in [0, 0.05) is 35.5 Å². The van der Waals surface area contributed by atoms with Crippen LogP contribution < -0.4 is 0 Å². The third-order valence-corrected chi connectivity index (χ3v) is 6.88. The summed E-state index contributed by atoms with van der Waals surface area (Å²) in [5.74, 6) is 1.17. The van der Waals surface area contributed by atoms with Crippen molar-refractivity contribution in [1.82, 2.24) is 9.80 Å². The Morgan fingerprint density at radius 1 is 1.19 bits per heavy atom. The van der Waals surface area contributed by atoms with E-state index in [0.717, 1.165) is 29.4 Å². The summed E-state index contributed by atoms with van der Waals surface area (Å²) in [7, 11) is 0. The van der Waals surface area contributed by atoms with E-state index < -0.39 is 0 Å². The molecule has 1 aliphatic heterocycles. The first-order valence-corrected chi connectivity index (χ1v) is 11.0. The molecule has 2 aliphatic rings. The molecule has 0 N–H and O–H groups in total. The Labute approximate surface area is 170 Å². The van der Waals surface area contributed by atoms with Gasteiger partial charge in [-0.15, -0.1) is 11.8 Å². The van der Waals surface area contributed by atoms with E-state index in [9.17, 15) is 4.79 Å². The number of hydrogen-bond donors (Lipinski definition) is 0. The average Bonchev–Trinajstić information content (AvgIpc) is 3.40. The van der Waals surface area contributed by atoms with E-state index in [1.54, 1.807) is 11.8 Å². The maximum Gasteiger partial charge on any atom is 0.237 e. The van der Waals surface area contributed by atoms with E-state index in [1.807, 2.05) is 29.2 Å². The van der Waals surface area contributed by atoms with Gasteiger partial charge in [-0.3, -0.25) is 9.69 Å². The van der Waals surface area contributed by atoms with Gasteiger partial charge in [0.25, 0.3) is 0 Å². The largest absolute Gasteiger partial charge is 0.325 e. The molecule has 3 nitrogen and oxygen atoms in total. The Morgan fingerprint density at radius 3 is 2.63 bits per heavy atom. The lowest BCUT2D eigenvalue weighted by Crippen LogP contribution is -2.40. The summed E-state index contributed by atoms with van der Waals surface area (Å²) >= 11 is 8.20. The highest BCUT2D eigenvalue weighted by molar-refractivity contribution is 7.99. The monoisotopic (exact) mass is 400 g/mol. The van der Waals surface area contributed by atoms with E-state index >= 15 is 0 Å². The van der Waals surface area contributed by atoms with E-state index in [1.165, 1.54) is 24.0 Å². The molecule has 1 saturated heterocycles. The number of amides is 1. The molecule has 2 fully saturated rings. The fourth-order valence-electron chi connectivity index (χ4n) is 3.60. The minimum absolute atomic E-state index is 0.0339. The second kappa shape index (κ2) is 8.26. The third-order valence-electron chi connectivity index (χ3n) is 5.29. The maximum atomic E-state index is 13.2. The van der Waals surface area contributed by atoms with E-state index in [4.69, 9.17) is 11.6 Å². The van der Waals surface area contributed by atoms with Crippen LogP contribution in [-0.4, -0.2) is 40.6 Å². The molecule has 1 aliphatic carbocycles. The lowest BCUT2D eigenvalue weighted by molar-refractivity contribution is -0.132. The maximum absolute atomic E-state index is 13.2. The van der Waals surface area contributed by atoms with Gasteiger partial charge in [-0.2, -0.15) is 0 Å². The number of aryl methyl sites for hydroxylation is 1. The molecule has 0 radical (unpaired) electrons. The zero-order chi connectivity index (χ0) is 18.8. The highest BCUT2D eigenvalue weighted by Gasteiger charge is 2.35. The van der Waals surface area contributed by atoms with Gasteiger partial charge in [-0.1, -0.05) is 59.6 Å². The summed E-state index contributed by atoms with van der Waals surface area (Å²) in [6, 6.07) is 17.1. The minimum Gasteiger partial charge on any atom is -0.325 e. The minimum atomic E-state index is 0.0339. The molecule has 5 heteroatoms. The van der Waals surface area contributed by atoms with Crippen LogP contribution >= 0.6 is 23.4 Å². The first-order chi connectivity index (χ1) is 13.1. The van der Waals surface area contributed by atoms with Crippen molar-refractivity contribution in [2.75, 3.05) is 18.8 Å². The normalized spacial score (nSPS) is 19.7. The van der Waals surface area contributed by atoms with Gasteiger partial charge in [0.2, 0.25) is 5.91 Å². The molecule has 2 aromatic carbocycles. The Hall–Kier alpha value is -1.49. The van der Waals surface area contributed by atoms with Crippen molar-refractivity contribution in [2.24, 2.45) is 0 Å². The Kier molecular flexibility index (Phi) is 5.76. The van der Waals surface area contributed by atoms with Gasteiger partial charge in [-0.25, -0.2) is 0 Å². The topological polar surface area (TPSA) is 23.6 Å². The number of nitrogens with zero attached hydrogens (tertiary/aromatic N) is 2. The number of carbonyl (C=O) groups is 1. The molecular weight excluding hydrogens is 376 g/mol. The molecule has 27 heavy (non-hydrogen) atoms. The van der Waals surface area contributed by atoms with Gasteiger partial charge in [-0.05, 0) is 31.4 Å². The van der Waals surface area contributed by atoms with Gasteiger partial charge in [0.05, 0.1) is 6.54 Å². The summed E-state index contributed by atoms with van der Waals surface area (Å²) in [6.07, 6.45) is 2.39. The summed E-state index contributed by atoms with van der Waals surface area (Å²) in [6.45, 7) is 4.22. The van der Waals surface area contributed by atoms with Crippen LogP contribution in [0.4, 0.5) is 0 Å². The SMILES string of the molecule is Cc1ccc(CN(CC(=O)N2CCS[C@H]2c2ccccc2Cl)C2CC2)cc1. The molecular formula is C22H25ClN2OS. The van der Waals surface area contributed by atoms with Crippen LogP contribution in [0.25, 0.3) is 0 Å². The van der Waals surface area contributed by atoms with Crippen LogP contribution in [-0.2, 0) is 11.3 Å². The molecule has 0 bridgehead atoms. The highest BCUT2D eigenvalue weighted by atomic mass is 35.5. The molecule has 2 aromatic rings. The number of halogens is 1. The lowest BCUT2D eigenvalue weighted by atomic mass is 10.1. The Balaban J connectivity index is 1.46. The van der Waals surface area contributed by atoms with Crippen LogP contribution in [0.1, 0.15) is 34.9 Å². The van der Waals surface area contributed by atoms with Gasteiger partial charge < -0.3 is 4.90 Å². The van der Waals surface area contributed by atoms with Crippen LogP contribution in [0.3, 0.4) is 0 Å². The molecule has 142 valence electrons. The molecule has 0 unspecified atom stereocenters. The average molecular weight is 401 g/mol. The predicted molar refractivity (Wildman–Crippen MR) is 113 cm³/mol. The molecule has 1 heterocycles.